The highest BCUT2D eigenvalue weighted by molar-refractivity contribution is 6.99. The predicted molar refractivity (Wildman–Crippen MR) is 82.3 cm³/mol. The summed E-state index contributed by atoms with van der Waals surface area (Å²) < 4.78 is 10.4. The quantitative estimate of drug-likeness (QED) is 0.853. The summed E-state index contributed by atoms with van der Waals surface area (Å²) >= 11 is 7.62. The first-order valence-electron chi connectivity index (χ1n) is 6.89. The minimum Gasteiger partial charge on any atom is -0.308 e. The Morgan fingerprint density at radius 3 is 2.85 bits per heavy atom. The Morgan fingerprint density at radius 1 is 1.45 bits per heavy atom. The molecule has 1 unspecified atom stereocenters. The van der Waals surface area contributed by atoms with Crippen LogP contribution in [0.15, 0.2) is 6.20 Å². The molecule has 2 aromatic heterocycles. The molecule has 5 nitrogen and oxygen atoms in total. The Kier molecular flexibility index (Phi) is 5.51. The minimum atomic E-state index is 0.132. The average Bonchev–Trinajstić information content (AvgIpc) is 3.06. The van der Waals surface area contributed by atoms with Crippen molar-refractivity contribution in [2.24, 2.45) is 0 Å². The molecule has 0 amide bonds. The van der Waals surface area contributed by atoms with Gasteiger partial charge in [0.05, 0.1) is 46.1 Å². The maximum absolute atomic E-state index is 6.39. The molecule has 0 aliphatic heterocycles. The standard InChI is InChI=1S/C13H20ClN5S/c1-4-6-15-10(11-8-16-20-18-11)7-12-13(14)9(3)17-19(12)5-2/h8,10,15H,4-7H2,1-3H3. The fraction of sp³-hybridized carbons (Fsp3) is 0.615. The largest absolute Gasteiger partial charge is 0.308 e. The van der Waals surface area contributed by atoms with Crippen molar-refractivity contribution in [1.82, 2.24) is 23.8 Å². The van der Waals surface area contributed by atoms with Gasteiger partial charge in [-0.3, -0.25) is 4.68 Å². The molecule has 2 aromatic rings. The van der Waals surface area contributed by atoms with E-state index in [2.05, 4.69) is 33.0 Å². The second kappa shape index (κ2) is 7.15. The van der Waals surface area contributed by atoms with Gasteiger partial charge in [0.15, 0.2) is 0 Å². The molecule has 7 heteroatoms. The molecule has 1 atom stereocenters. The maximum atomic E-state index is 6.39. The van der Waals surface area contributed by atoms with Gasteiger partial charge in [0.25, 0.3) is 0 Å². The average molecular weight is 314 g/mol. The fourth-order valence-corrected chi connectivity index (χ4v) is 2.87. The Bertz CT molecular complexity index is 537. The lowest BCUT2D eigenvalue weighted by Crippen LogP contribution is -2.25. The molecule has 0 fully saturated rings. The molecule has 110 valence electrons. The van der Waals surface area contributed by atoms with E-state index < -0.39 is 0 Å². The highest BCUT2D eigenvalue weighted by Gasteiger charge is 2.20. The zero-order valence-electron chi connectivity index (χ0n) is 12.1. The van der Waals surface area contributed by atoms with Crippen LogP contribution in [-0.4, -0.2) is 25.1 Å². The third-order valence-electron chi connectivity index (χ3n) is 3.23. The monoisotopic (exact) mass is 313 g/mol. The summed E-state index contributed by atoms with van der Waals surface area (Å²) in [5, 5.41) is 8.74. The third kappa shape index (κ3) is 3.37. The number of aromatic nitrogens is 4. The van der Waals surface area contributed by atoms with Crippen molar-refractivity contribution in [2.75, 3.05) is 6.54 Å². The Labute approximate surface area is 128 Å². The summed E-state index contributed by atoms with van der Waals surface area (Å²) in [6.45, 7) is 7.93. The molecule has 2 heterocycles. The molecular weight excluding hydrogens is 294 g/mol. The van der Waals surface area contributed by atoms with Gasteiger partial charge in [-0.25, -0.2) is 0 Å². The number of nitrogens with one attached hydrogen (secondary N) is 1. The minimum absolute atomic E-state index is 0.132. The summed E-state index contributed by atoms with van der Waals surface area (Å²) in [4.78, 5) is 0. The van der Waals surface area contributed by atoms with E-state index in [1.165, 1.54) is 11.7 Å². The van der Waals surface area contributed by atoms with E-state index in [0.717, 1.165) is 48.0 Å². The van der Waals surface area contributed by atoms with E-state index in [1.807, 2.05) is 17.8 Å². The molecule has 0 spiro atoms. The molecule has 0 radical (unpaired) electrons. The Hall–Kier alpha value is -0.980. The van der Waals surface area contributed by atoms with Crippen LogP contribution in [0.1, 0.15) is 43.4 Å². The van der Waals surface area contributed by atoms with Crippen LogP contribution in [0.3, 0.4) is 0 Å². The van der Waals surface area contributed by atoms with Gasteiger partial charge in [0.1, 0.15) is 0 Å². The predicted octanol–water partition coefficient (Wildman–Crippen LogP) is 3.00. The van der Waals surface area contributed by atoms with Crippen molar-refractivity contribution in [2.45, 2.75) is 46.2 Å². The lowest BCUT2D eigenvalue weighted by Gasteiger charge is -2.17. The van der Waals surface area contributed by atoms with Crippen LogP contribution < -0.4 is 5.32 Å². The maximum Gasteiger partial charge on any atom is 0.0916 e. The van der Waals surface area contributed by atoms with Gasteiger partial charge in [-0.1, -0.05) is 18.5 Å². The molecule has 0 saturated heterocycles. The van der Waals surface area contributed by atoms with Crippen LogP contribution in [0.2, 0.25) is 5.02 Å². The van der Waals surface area contributed by atoms with Crippen molar-refractivity contribution in [3.8, 4) is 0 Å². The Morgan fingerprint density at radius 2 is 2.25 bits per heavy atom. The van der Waals surface area contributed by atoms with Gasteiger partial charge < -0.3 is 5.32 Å². The number of hydrogen-bond donors (Lipinski definition) is 1. The van der Waals surface area contributed by atoms with Crippen molar-refractivity contribution in [3.63, 3.8) is 0 Å². The van der Waals surface area contributed by atoms with E-state index >= 15 is 0 Å². The van der Waals surface area contributed by atoms with Crippen LogP contribution in [0, 0.1) is 6.92 Å². The molecule has 2 rings (SSSR count). The summed E-state index contributed by atoms with van der Waals surface area (Å²) in [7, 11) is 0. The molecule has 0 bridgehead atoms. The highest BCUT2D eigenvalue weighted by atomic mass is 35.5. The van der Waals surface area contributed by atoms with Crippen molar-refractivity contribution >= 4 is 23.3 Å². The summed E-state index contributed by atoms with van der Waals surface area (Å²) in [6.07, 6.45) is 3.68. The molecule has 0 saturated carbocycles. The molecule has 0 aliphatic rings. The van der Waals surface area contributed by atoms with Crippen molar-refractivity contribution in [3.05, 3.63) is 28.3 Å². The smallest absolute Gasteiger partial charge is 0.0916 e. The number of hydrogen-bond acceptors (Lipinski definition) is 5. The number of nitrogens with zero attached hydrogens (tertiary/aromatic N) is 4. The van der Waals surface area contributed by atoms with E-state index in [4.69, 9.17) is 11.6 Å². The normalized spacial score (nSPS) is 12.8. The topological polar surface area (TPSA) is 55.6 Å². The van der Waals surface area contributed by atoms with Gasteiger partial charge in [-0.2, -0.15) is 13.8 Å². The van der Waals surface area contributed by atoms with Crippen LogP contribution in [0.5, 0.6) is 0 Å². The number of rotatable bonds is 7. The molecular formula is C13H20ClN5S. The van der Waals surface area contributed by atoms with E-state index in [1.54, 1.807) is 0 Å². The van der Waals surface area contributed by atoms with Crippen molar-refractivity contribution in [1.29, 1.82) is 0 Å². The first-order valence-corrected chi connectivity index (χ1v) is 8.00. The zero-order chi connectivity index (χ0) is 14.5. The second-order valence-corrected chi connectivity index (χ2v) is 5.64. The SMILES string of the molecule is CCCNC(Cc1c(Cl)c(C)nn1CC)c1cnsn1. The first kappa shape index (κ1) is 15.4. The van der Waals surface area contributed by atoms with Crippen molar-refractivity contribution < 1.29 is 0 Å². The molecule has 1 N–H and O–H groups in total. The van der Waals surface area contributed by atoms with Gasteiger partial charge in [0, 0.05) is 13.0 Å². The summed E-state index contributed by atoms with van der Waals surface area (Å²) in [6, 6.07) is 0.132. The van der Waals surface area contributed by atoms with Gasteiger partial charge in [-0.05, 0) is 26.8 Å². The first-order chi connectivity index (χ1) is 9.67. The lowest BCUT2D eigenvalue weighted by molar-refractivity contribution is 0.496. The fourth-order valence-electron chi connectivity index (χ4n) is 2.18. The number of aryl methyl sites for hydroxylation is 2. The third-order valence-corrected chi connectivity index (χ3v) is 4.21. The van der Waals surface area contributed by atoms with Gasteiger partial charge in [-0.15, -0.1) is 0 Å². The highest BCUT2D eigenvalue weighted by Crippen LogP contribution is 2.25. The lowest BCUT2D eigenvalue weighted by atomic mass is 10.1. The van der Waals surface area contributed by atoms with Crippen LogP contribution >= 0.6 is 23.3 Å². The van der Waals surface area contributed by atoms with Gasteiger partial charge in [0.2, 0.25) is 0 Å². The zero-order valence-corrected chi connectivity index (χ0v) is 13.6. The van der Waals surface area contributed by atoms with Crippen LogP contribution in [0.4, 0.5) is 0 Å². The number of halogens is 1. The summed E-state index contributed by atoms with van der Waals surface area (Å²) in [5.41, 5.74) is 2.92. The summed E-state index contributed by atoms with van der Waals surface area (Å²) in [5.74, 6) is 0. The Balaban J connectivity index is 2.23. The van der Waals surface area contributed by atoms with Crippen LogP contribution in [-0.2, 0) is 13.0 Å². The molecule has 0 aliphatic carbocycles. The van der Waals surface area contributed by atoms with Crippen LogP contribution in [0.25, 0.3) is 0 Å². The van der Waals surface area contributed by atoms with Gasteiger partial charge >= 0.3 is 0 Å². The van der Waals surface area contributed by atoms with E-state index in [-0.39, 0.29) is 6.04 Å². The molecule has 20 heavy (non-hydrogen) atoms. The second-order valence-electron chi connectivity index (χ2n) is 4.70. The molecule has 0 aromatic carbocycles. The van der Waals surface area contributed by atoms with E-state index in [0.29, 0.717) is 0 Å². The van der Waals surface area contributed by atoms with E-state index in [9.17, 15) is 0 Å².